The van der Waals surface area contributed by atoms with Crippen LogP contribution in [0.15, 0.2) is 65.7 Å². The van der Waals surface area contributed by atoms with Gasteiger partial charge in [-0.2, -0.15) is 5.10 Å². The van der Waals surface area contributed by atoms with Crippen molar-refractivity contribution in [2.75, 3.05) is 13.2 Å². The first-order valence-electron chi connectivity index (χ1n) is 11.2. The molecule has 2 aromatic carbocycles. The lowest BCUT2D eigenvalue weighted by Gasteiger charge is -2.13. The quantitative estimate of drug-likeness (QED) is 0.205. The molecule has 1 aliphatic heterocycles. The van der Waals surface area contributed by atoms with Crippen molar-refractivity contribution in [1.29, 1.82) is 0 Å². The molecule has 1 fully saturated rings. The van der Waals surface area contributed by atoms with Crippen LogP contribution in [0.2, 0.25) is 0 Å². The molecule has 33 heavy (non-hydrogen) atoms. The standard InChI is InChI=1S/C26H27N3O2S2/c1-3-5-9-16-28-25(30)23(33-26(28)32)17-20-18-29(21-10-7-6-8-11-21)27-24(20)19-12-14-22(15-13-19)31-4-2/h6-8,10-15,17-18H,3-5,9,16H2,1-2H3. The third kappa shape index (κ3) is 5.37. The summed E-state index contributed by atoms with van der Waals surface area (Å²) < 4.78 is 8.05. The summed E-state index contributed by atoms with van der Waals surface area (Å²) in [5.74, 6) is 0.796. The number of hydrogen-bond acceptors (Lipinski definition) is 5. The first-order chi connectivity index (χ1) is 16.1. The van der Waals surface area contributed by atoms with Crippen LogP contribution in [0.5, 0.6) is 5.75 Å². The van der Waals surface area contributed by atoms with Gasteiger partial charge in [0, 0.05) is 23.9 Å². The summed E-state index contributed by atoms with van der Waals surface area (Å²) in [4.78, 5) is 15.4. The Hall–Kier alpha value is -2.90. The fourth-order valence-corrected chi connectivity index (χ4v) is 4.96. The van der Waals surface area contributed by atoms with E-state index in [4.69, 9.17) is 22.1 Å². The molecule has 0 saturated carbocycles. The molecule has 0 N–H and O–H groups in total. The molecule has 0 radical (unpaired) electrons. The molecule has 2 heterocycles. The predicted octanol–water partition coefficient (Wildman–Crippen LogP) is 6.33. The number of thioether (sulfide) groups is 1. The maximum absolute atomic E-state index is 13.1. The second-order valence-corrected chi connectivity index (χ2v) is 9.39. The van der Waals surface area contributed by atoms with Crippen molar-refractivity contribution >= 4 is 40.3 Å². The number of amides is 1. The minimum atomic E-state index is -0.0220. The van der Waals surface area contributed by atoms with Crippen LogP contribution in [-0.4, -0.2) is 38.1 Å². The predicted molar refractivity (Wildman–Crippen MR) is 140 cm³/mol. The Morgan fingerprint density at radius 2 is 1.82 bits per heavy atom. The Labute approximate surface area is 204 Å². The van der Waals surface area contributed by atoms with E-state index in [0.717, 1.165) is 47.5 Å². The maximum atomic E-state index is 13.1. The van der Waals surface area contributed by atoms with Gasteiger partial charge in [-0.1, -0.05) is 61.9 Å². The molecule has 170 valence electrons. The number of unbranched alkanes of at least 4 members (excludes halogenated alkanes) is 2. The van der Waals surface area contributed by atoms with Crippen LogP contribution in [-0.2, 0) is 4.79 Å². The monoisotopic (exact) mass is 477 g/mol. The summed E-state index contributed by atoms with van der Waals surface area (Å²) in [7, 11) is 0. The van der Waals surface area contributed by atoms with Crippen molar-refractivity contribution in [2.45, 2.75) is 33.1 Å². The number of rotatable bonds is 9. The summed E-state index contributed by atoms with van der Waals surface area (Å²) in [6, 6.07) is 17.8. The molecule has 1 aliphatic rings. The molecule has 0 bridgehead atoms. The third-order valence-corrected chi connectivity index (χ3v) is 6.73. The lowest BCUT2D eigenvalue weighted by atomic mass is 10.1. The van der Waals surface area contributed by atoms with Gasteiger partial charge in [0.25, 0.3) is 5.91 Å². The van der Waals surface area contributed by atoms with Gasteiger partial charge in [-0.15, -0.1) is 0 Å². The molecule has 0 unspecified atom stereocenters. The topological polar surface area (TPSA) is 47.4 Å². The fraction of sp³-hybridized carbons (Fsp3) is 0.269. The maximum Gasteiger partial charge on any atom is 0.266 e. The summed E-state index contributed by atoms with van der Waals surface area (Å²) in [6.07, 6.45) is 7.03. The summed E-state index contributed by atoms with van der Waals surface area (Å²) in [5, 5.41) is 4.86. The zero-order chi connectivity index (χ0) is 23.2. The average molecular weight is 478 g/mol. The zero-order valence-electron chi connectivity index (χ0n) is 18.9. The number of aromatic nitrogens is 2. The normalized spacial score (nSPS) is 15.0. The molecule has 4 rings (SSSR count). The average Bonchev–Trinajstić information content (AvgIpc) is 3.37. The highest BCUT2D eigenvalue weighted by atomic mass is 32.2. The first-order valence-corrected chi connectivity index (χ1v) is 12.5. The summed E-state index contributed by atoms with van der Waals surface area (Å²) in [6.45, 7) is 5.40. The van der Waals surface area contributed by atoms with E-state index < -0.39 is 0 Å². The first kappa shape index (κ1) is 23.3. The summed E-state index contributed by atoms with van der Waals surface area (Å²) >= 11 is 6.86. The van der Waals surface area contributed by atoms with Crippen LogP contribution in [0, 0.1) is 0 Å². The molecule has 7 heteroatoms. The molecule has 0 spiro atoms. The molecule has 0 atom stereocenters. The Balaban J connectivity index is 1.70. The van der Waals surface area contributed by atoms with Crippen LogP contribution in [0.1, 0.15) is 38.7 Å². The number of thiocarbonyl (C=S) groups is 1. The van der Waals surface area contributed by atoms with Gasteiger partial charge < -0.3 is 4.74 Å². The van der Waals surface area contributed by atoms with E-state index in [-0.39, 0.29) is 5.91 Å². The Kier molecular flexibility index (Phi) is 7.62. The largest absolute Gasteiger partial charge is 0.494 e. The third-order valence-electron chi connectivity index (χ3n) is 5.35. The lowest BCUT2D eigenvalue weighted by Crippen LogP contribution is -2.28. The zero-order valence-corrected chi connectivity index (χ0v) is 20.5. The van der Waals surface area contributed by atoms with Crippen molar-refractivity contribution in [3.63, 3.8) is 0 Å². The van der Waals surface area contributed by atoms with Gasteiger partial charge in [0.1, 0.15) is 10.1 Å². The lowest BCUT2D eigenvalue weighted by molar-refractivity contribution is -0.122. The van der Waals surface area contributed by atoms with Crippen LogP contribution in [0.25, 0.3) is 23.0 Å². The van der Waals surface area contributed by atoms with Gasteiger partial charge in [-0.05, 0) is 55.8 Å². The van der Waals surface area contributed by atoms with Crippen LogP contribution in [0.4, 0.5) is 0 Å². The molecule has 1 aromatic heterocycles. The molecular weight excluding hydrogens is 450 g/mol. The highest BCUT2D eigenvalue weighted by Crippen LogP contribution is 2.35. The molecule has 5 nitrogen and oxygen atoms in total. The van der Waals surface area contributed by atoms with Gasteiger partial charge >= 0.3 is 0 Å². The second kappa shape index (κ2) is 10.8. The molecular formula is C26H27N3O2S2. The number of ether oxygens (including phenoxy) is 1. The van der Waals surface area contributed by atoms with Crippen LogP contribution >= 0.6 is 24.0 Å². The Bertz CT molecular complexity index is 1150. The number of hydrogen-bond donors (Lipinski definition) is 0. The van der Waals surface area contributed by atoms with Gasteiger partial charge in [0.15, 0.2) is 0 Å². The van der Waals surface area contributed by atoms with Gasteiger partial charge in [0.05, 0.1) is 22.9 Å². The van der Waals surface area contributed by atoms with E-state index in [9.17, 15) is 4.79 Å². The van der Waals surface area contributed by atoms with Gasteiger partial charge in [-0.3, -0.25) is 9.69 Å². The van der Waals surface area contributed by atoms with E-state index in [1.807, 2.05) is 78.5 Å². The molecule has 1 amide bonds. The Morgan fingerprint density at radius 3 is 2.52 bits per heavy atom. The smallest absolute Gasteiger partial charge is 0.266 e. The Morgan fingerprint density at radius 1 is 1.06 bits per heavy atom. The number of carbonyl (C=O) groups excluding carboxylic acids is 1. The van der Waals surface area contributed by atoms with Crippen molar-refractivity contribution in [1.82, 2.24) is 14.7 Å². The van der Waals surface area contributed by atoms with Gasteiger partial charge in [-0.25, -0.2) is 4.68 Å². The molecule has 3 aromatic rings. The molecule has 0 aliphatic carbocycles. The number of para-hydroxylation sites is 1. The van der Waals surface area contributed by atoms with Crippen molar-refractivity contribution in [2.24, 2.45) is 0 Å². The van der Waals surface area contributed by atoms with E-state index in [1.165, 1.54) is 11.8 Å². The second-order valence-electron chi connectivity index (χ2n) is 7.71. The minimum Gasteiger partial charge on any atom is -0.494 e. The SMILES string of the molecule is CCCCCN1C(=O)C(=Cc2cn(-c3ccccc3)nc2-c2ccc(OCC)cc2)SC1=S. The van der Waals surface area contributed by atoms with E-state index in [1.54, 1.807) is 4.90 Å². The fourth-order valence-electron chi connectivity index (χ4n) is 3.66. The minimum absolute atomic E-state index is 0.0220. The van der Waals surface area contributed by atoms with E-state index >= 15 is 0 Å². The summed E-state index contributed by atoms with van der Waals surface area (Å²) in [5.41, 5.74) is 3.59. The van der Waals surface area contributed by atoms with E-state index in [2.05, 4.69) is 6.92 Å². The number of benzene rings is 2. The van der Waals surface area contributed by atoms with E-state index in [0.29, 0.717) is 22.4 Å². The van der Waals surface area contributed by atoms with Crippen LogP contribution in [0.3, 0.4) is 0 Å². The van der Waals surface area contributed by atoms with Crippen molar-refractivity contribution < 1.29 is 9.53 Å². The number of nitrogens with zero attached hydrogens (tertiary/aromatic N) is 3. The van der Waals surface area contributed by atoms with Gasteiger partial charge in [0.2, 0.25) is 0 Å². The van der Waals surface area contributed by atoms with Crippen LogP contribution < -0.4 is 4.74 Å². The molecule has 1 saturated heterocycles. The number of carbonyl (C=O) groups is 1. The van der Waals surface area contributed by atoms with Crippen molar-refractivity contribution in [3.05, 3.63) is 71.3 Å². The highest BCUT2D eigenvalue weighted by molar-refractivity contribution is 8.26. The van der Waals surface area contributed by atoms with Crippen molar-refractivity contribution in [3.8, 4) is 22.7 Å². The highest BCUT2D eigenvalue weighted by Gasteiger charge is 2.32.